The molecule has 0 spiro atoms. The number of aryl methyl sites for hydroxylation is 1. The van der Waals surface area contributed by atoms with E-state index in [0.29, 0.717) is 23.2 Å². The third-order valence-electron chi connectivity index (χ3n) is 3.87. The van der Waals surface area contributed by atoms with Crippen molar-refractivity contribution in [2.75, 3.05) is 11.4 Å². The molecule has 0 saturated carbocycles. The summed E-state index contributed by atoms with van der Waals surface area (Å²) in [6.45, 7) is 6.62. The number of piperidine rings is 1. The Morgan fingerprint density at radius 3 is 2.72 bits per heavy atom. The number of benzene rings is 1. The Bertz CT molecular complexity index is 489. The summed E-state index contributed by atoms with van der Waals surface area (Å²) in [5, 5.41) is 0. The van der Waals surface area contributed by atoms with Crippen LogP contribution < -0.4 is 4.90 Å². The molecule has 0 amide bonds. The average Bonchev–Trinajstić information content (AvgIpc) is 2.32. The van der Waals surface area contributed by atoms with Crippen LogP contribution in [0.15, 0.2) is 16.6 Å². The molecule has 0 aromatic heterocycles. The Kier molecular flexibility index (Phi) is 3.76. The summed E-state index contributed by atoms with van der Waals surface area (Å²) in [6.07, 6.45) is 0.544. The predicted molar refractivity (Wildman–Crippen MR) is 74.4 cm³/mol. The van der Waals surface area contributed by atoms with Gasteiger partial charge in [0.15, 0.2) is 0 Å². The van der Waals surface area contributed by atoms with Gasteiger partial charge in [-0.25, -0.2) is 4.39 Å². The fraction of sp³-hybridized carbons (Fsp3) is 0.500. The maximum absolute atomic E-state index is 13.7. The number of rotatable bonds is 1. The third-order valence-corrected chi connectivity index (χ3v) is 4.48. The lowest BCUT2D eigenvalue weighted by Gasteiger charge is -2.39. The normalized spacial score (nSPS) is 24.5. The lowest BCUT2D eigenvalue weighted by atomic mass is 9.90. The van der Waals surface area contributed by atoms with Crippen LogP contribution in [0.2, 0.25) is 0 Å². The van der Waals surface area contributed by atoms with Crippen LogP contribution in [0.4, 0.5) is 10.1 Å². The number of nitrogens with zero attached hydrogens (tertiary/aromatic N) is 1. The maximum atomic E-state index is 13.7. The molecule has 1 heterocycles. The molecule has 4 heteroatoms. The van der Waals surface area contributed by atoms with Gasteiger partial charge in [0, 0.05) is 30.6 Å². The van der Waals surface area contributed by atoms with Crippen LogP contribution in [0.3, 0.4) is 0 Å². The lowest BCUT2D eigenvalue weighted by molar-refractivity contribution is -0.123. The molecule has 1 aromatic rings. The van der Waals surface area contributed by atoms with E-state index in [-0.39, 0.29) is 17.8 Å². The van der Waals surface area contributed by atoms with Gasteiger partial charge in [-0.05, 0) is 47.5 Å². The summed E-state index contributed by atoms with van der Waals surface area (Å²) in [7, 11) is 0. The van der Waals surface area contributed by atoms with Gasteiger partial charge in [0.2, 0.25) is 0 Å². The van der Waals surface area contributed by atoms with Gasteiger partial charge in [-0.3, -0.25) is 4.79 Å². The van der Waals surface area contributed by atoms with E-state index >= 15 is 0 Å². The Labute approximate surface area is 115 Å². The van der Waals surface area contributed by atoms with Crippen molar-refractivity contribution >= 4 is 27.4 Å². The van der Waals surface area contributed by atoms with Gasteiger partial charge < -0.3 is 4.90 Å². The van der Waals surface area contributed by atoms with Gasteiger partial charge in [0.25, 0.3) is 0 Å². The van der Waals surface area contributed by atoms with Gasteiger partial charge in [0.1, 0.15) is 11.6 Å². The SMILES string of the molecule is Cc1cc(Br)c(F)cc1N1CCC(=O)C(C)C1C. The second kappa shape index (κ2) is 5.00. The zero-order valence-corrected chi connectivity index (χ0v) is 12.4. The topological polar surface area (TPSA) is 20.3 Å². The zero-order valence-electron chi connectivity index (χ0n) is 10.8. The standard InChI is InChI=1S/C14H17BrFNO/c1-8-6-11(15)12(16)7-13(8)17-5-4-14(18)9(2)10(17)3/h6-7,9-10H,4-5H2,1-3H3. The number of anilines is 1. The number of ketones is 1. The molecule has 98 valence electrons. The van der Waals surface area contributed by atoms with Crippen molar-refractivity contribution in [2.45, 2.75) is 33.2 Å². The summed E-state index contributed by atoms with van der Waals surface area (Å²) in [4.78, 5) is 13.8. The summed E-state index contributed by atoms with van der Waals surface area (Å²) in [5.74, 6) is 0.0474. The van der Waals surface area contributed by atoms with Crippen molar-refractivity contribution in [3.63, 3.8) is 0 Å². The molecule has 1 fully saturated rings. The van der Waals surface area contributed by atoms with Crippen LogP contribution in [0.1, 0.15) is 25.8 Å². The molecule has 0 bridgehead atoms. The van der Waals surface area contributed by atoms with Crippen LogP contribution in [-0.4, -0.2) is 18.4 Å². The molecule has 18 heavy (non-hydrogen) atoms. The van der Waals surface area contributed by atoms with Gasteiger partial charge in [-0.2, -0.15) is 0 Å². The van der Waals surface area contributed by atoms with Crippen molar-refractivity contribution in [3.8, 4) is 0 Å². The largest absolute Gasteiger partial charge is 0.367 e. The van der Waals surface area contributed by atoms with E-state index in [1.54, 1.807) is 12.1 Å². The first-order chi connectivity index (χ1) is 8.41. The highest BCUT2D eigenvalue weighted by Crippen LogP contribution is 2.32. The Morgan fingerprint density at radius 1 is 1.39 bits per heavy atom. The fourth-order valence-corrected chi connectivity index (χ4v) is 2.94. The van der Waals surface area contributed by atoms with Crippen molar-refractivity contribution in [1.29, 1.82) is 0 Å². The fourth-order valence-electron chi connectivity index (χ4n) is 2.49. The Hall–Kier alpha value is -0.900. The number of carbonyl (C=O) groups is 1. The summed E-state index contributed by atoms with van der Waals surface area (Å²) < 4.78 is 14.2. The van der Waals surface area contributed by atoms with E-state index in [2.05, 4.69) is 20.8 Å². The minimum atomic E-state index is -0.257. The molecule has 2 unspecified atom stereocenters. The summed E-state index contributed by atoms with van der Waals surface area (Å²) >= 11 is 3.19. The van der Waals surface area contributed by atoms with Gasteiger partial charge >= 0.3 is 0 Å². The van der Waals surface area contributed by atoms with Crippen LogP contribution in [0, 0.1) is 18.7 Å². The van der Waals surface area contributed by atoms with Gasteiger partial charge in [-0.15, -0.1) is 0 Å². The average molecular weight is 314 g/mol. The van der Waals surface area contributed by atoms with Crippen LogP contribution >= 0.6 is 15.9 Å². The highest BCUT2D eigenvalue weighted by atomic mass is 79.9. The van der Waals surface area contributed by atoms with Crippen molar-refractivity contribution in [1.82, 2.24) is 0 Å². The number of Topliss-reactive ketones (excluding diaryl/α,β-unsaturated/α-hetero) is 1. The molecule has 0 radical (unpaired) electrons. The smallest absolute Gasteiger partial charge is 0.139 e. The second-order valence-corrected chi connectivity index (χ2v) is 5.85. The zero-order chi connectivity index (χ0) is 13.4. The molecule has 2 nitrogen and oxygen atoms in total. The number of carbonyl (C=O) groups excluding carboxylic acids is 1. The van der Waals surface area contributed by atoms with Crippen molar-refractivity contribution in [3.05, 3.63) is 28.0 Å². The molecule has 1 saturated heterocycles. The van der Waals surface area contributed by atoms with E-state index in [0.717, 1.165) is 11.3 Å². The molecule has 2 rings (SSSR count). The maximum Gasteiger partial charge on any atom is 0.139 e. The number of hydrogen-bond acceptors (Lipinski definition) is 2. The molecule has 1 aromatic carbocycles. The first-order valence-electron chi connectivity index (χ1n) is 6.17. The van der Waals surface area contributed by atoms with Gasteiger partial charge in [0.05, 0.1) is 4.47 Å². The van der Waals surface area contributed by atoms with E-state index in [4.69, 9.17) is 0 Å². The minimum Gasteiger partial charge on any atom is -0.367 e. The quantitative estimate of drug-likeness (QED) is 0.788. The van der Waals surface area contributed by atoms with Crippen LogP contribution in [0.5, 0.6) is 0 Å². The van der Waals surface area contributed by atoms with Crippen LogP contribution in [0.25, 0.3) is 0 Å². The number of halogens is 2. The molecule has 2 atom stereocenters. The second-order valence-electron chi connectivity index (χ2n) is 4.99. The minimum absolute atomic E-state index is 0.00450. The monoisotopic (exact) mass is 313 g/mol. The first kappa shape index (κ1) is 13.5. The predicted octanol–water partition coefficient (Wildman–Crippen LogP) is 3.70. The van der Waals surface area contributed by atoms with E-state index in [1.165, 1.54) is 0 Å². The summed E-state index contributed by atoms with van der Waals surface area (Å²) in [6, 6.07) is 3.46. The molecular formula is C14H17BrFNO. The molecule has 1 aliphatic heterocycles. The molecule has 0 N–H and O–H groups in total. The lowest BCUT2D eigenvalue weighted by Crippen LogP contribution is -2.47. The molecule has 1 aliphatic rings. The highest BCUT2D eigenvalue weighted by molar-refractivity contribution is 9.10. The van der Waals surface area contributed by atoms with Gasteiger partial charge in [-0.1, -0.05) is 6.92 Å². The number of hydrogen-bond donors (Lipinski definition) is 0. The highest BCUT2D eigenvalue weighted by Gasteiger charge is 2.31. The summed E-state index contributed by atoms with van der Waals surface area (Å²) in [5.41, 5.74) is 1.92. The van der Waals surface area contributed by atoms with E-state index in [9.17, 15) is 9.18 Å². The van der Waals surface area contributed by atoms with Crippen molar-refractivity contribution < 1.29 is 9.18 Å². The molecule has 0 aliphatic carbocycles. The Morgan fingerprint density at radius 2 is 2.06 bits per heavy atom. The van der Waals surface area contributed by atoms with E-state index in [1.807, 2.05) is 20.8 Å². The molecular weight excluding hydrogens is 297 g/mol. The first-order valence-corrected chi connectivity index (χ1v) is 6.96. The van der Waals surface area contributed by atoms with Crippen LogP contribution in [-0.2, 0) is 4.79 Å². The van der Waals surface area contributed by atoms with E-state index < -0.39 is 0 Å². The Balaban J connectivity index is 2.37. The van der Waals surface area contributed by atoms with Crippen molar-refractivity contribution in [2.24, 2.45) is 5.92 Å². The third kappa shape index (κ3) is 2.30.